The summed E-state index contributed by atoms with van der Waals surface area (Å²) in [6.07, 6.45) is 2.46. The minimum Gasteiger partial charge on any atom is -0.344 e. The number of carbonyl (C=O) groups is 2. The molecule has 0 saturated heterocycles. The van der Waals surface area contributed by atoms with Crippen LogP contribution in [0.2, 0.25) is 0 Å². The lowest BCUT2D eigenvalue weighted by Gasteiger charge is -2.21. The molecule has 0 spiro atoms. The van der Waals surface area contributed by atoms with Crippen LogP contribution in [0.3, 0.4) is 0 Å². The van der Waals surface area contributed by atoms with Gasteiger partial charge in [0.25, 0.3) is 0 Å². The predicted octanol–water partition coefficient (Wildman–Crippen LogP) is 3.20. The van der Waals surface area contributed by atoms with E-state index in [2.05, 4.69) is 20.6 Å². The summed E-state index contributed by atoms with van der Waals surface area (Å²) in [7, 11) is 0. The average Bonchev–Trinajstić information content (AvgIpc) is 3.12. The number of nitrogens with zero attached hydrogens (tertiary/aromatic N) is 3. The maximum Gasteiger partial charge on any atom is 0.320 e. The topological polar surface area (TPSA) is 88.9 Å². The molecule has 1 atom stereocenters. The van der Waals surface area contributed by atoms with Crippen LogP contribution < -0.4 is 10.6 Å². The summed E-state index contributed by atoms with van der Waals surface area (Å²) in [6, 6.07) is -0.766. The molecule has 10 heteroatoms. The molecule has 2 aromatic heterocycles. The van der Waals surface area contributed by atoms with Gasteiger partial charge in [-0.15, -0.1) is 0 Å². The second kappa shape index (κ2) is 7.48. The smallest absolute Gasteiger partial charge is 0.320 e. The molecular formula is C16H21F2N5O2S. The van der Waals surface area contributed by atoms with Gasteiger partial charge >= 0.3 is 6.55 Å². The number of imidazole rings is 1. The van der Waals surface area contributed by atoms with Crippen LogP contribution in [0, 0.1) is 12.3 Å². The van der Waals surface area contributed by atoms with E-state index in [1.807, 2.05) is 0 Å². The van der Waals surface area contributed by atoms with E-state index >= 15 is 0 Å². The third-order valence-electron chi connectivity index (χ3n) is 3.53. The predicted molar refractivity (Wildman–Crippen MR) is 95.0 cm³/mol. The Kier molecular flexibility index (Phi) is 5.74. The monoisotopic (exact) mass is 385 g/mol. The molecule has 0 radical (unpaired) electrons. The van der Waals surface area contributed by atoms with Gasteiger partial charge in [0.1, 0.15) is 6.04 Å². The zero-order valence-corrected chi connectivity index (χ0v) is 15.9. The lowest BCUT2D eigenvalue weighted by atomic mass is 9.95. The number of aromatic nitrogens is 3. The van der Waals surface area contributed by atoms with E-state index in [9.17, 15) is 18.4 Å². The Morgan fingerprint density at radius 3 is 2.54 bits per heavy atom. The molecule has 0 saturated carbocycles. The molecular weight excluding hydrogens is 364 g/mol. The van der Waals surface area contributed by atoms with Crippen LogP contribution in [0.4, 0.5) is 13.9 Å². The molecule has 2 N–H and O–H groups in total. The van der Waals surface area contributed by atoms with Gasteiger partial charge in [-0.1, -0.05) is 32.1 Å². The molecule has 0 aliphatic heterocycles. The molecule has 2 amide bonds. The Balaban J connectivity index is 2.13. The van der Waals surface area contributed by atoms with Gasteiger partial charge in [0.2, 0.25) is 11.8 Å². The van der Waals surface area contributed by atoms with E-state index in [0.29, 0.717) is 10.6 Å². The Labute approximate surface area is 153 Å². The standard InChI is InChI=1S/C16H21F2N5O2S/c1-8-10(11-19-6-7-23(11)14(17)18)26-15(21-8)22-12(24)9(2)20-13(25)16(3,4)5/h6-7,9,14H,1-5H3,(H,20,25)(H,21,22,24). The van der Waals surface area contributed by atoms with Crippen molar-refractivity contribution in [2.45, 2.75) is 47.2 Å². The second-order valence-corrected chi connectivity index (χ2v) is 7.80. The van der Waals surface area contributed by atoms with E-state index in [4.69, 9.17) is 0 Å². The van der Waals surface area contributed by atoms with Crippen molar-refractivity contribution in [2.75, 3.05) is 5.32 Å². The highest BCUT2D eigenvalue weighted by Gasteiger charge is 2.26. The summed E-state index contributed by atoms with van der Waals surface area (Å²) >= 11 is 1.05. The third-order valence-corrected chi connectivity index (χ3v) is 4.60. The Hall–Kier alpha value is -2.36. The molecule has 0 fully saturated rings. The number of amides is 2. The van der Waals surface area contributed by atoms with Gasteiger partial charge < -0.3 is 10.6 Å². The maximum atomic E-state index is 13.0. The number of aryl methyl sites for hydroxylation is 1. The zero-order chi connectivity index (χ0) is 19.6. The second-order valence-electron chi connectivity index (χ2n) is 6.80. The normalized spacial score (nSPS) is 12.9. The lowest BCUT2D eigenvalue weighted by Crippen LogP contribution is -2.46. The van der Waals surface area contributed by atoms with E-state index in [0.717, 1.165) is 15.9 Å². The summed E-state index contributed by atoms with van der Waals surface area (Å²) in [5, 5.41) is 5.48. The van der Waals surface area contributed by atoms with Crippen molar-refractivity contribution in [1.29, 1.82) is 0 Å². The largest absolute Gasteiger partial charge is 0.344 e. The lowest BCUT2D eigenvalue weighted by molar-refractivity contribution is -0.131. The molecule has 2 heterocycles. The molecule has 0 aliphatic rings. The van der Waals surface area contributed by atoms with Crippen LogP contribution in [0.25, 0.3) is 10.7 Å². The molecule has 7 nitrogen and oxygen atoms in total. The number of anilines is 1. The molecule has 0 bridgehead atoms. The number of carbonyl (C=O) groups excluding carboxylic acids is 2. The Morgan fingerprint density at radius 1 is 1.31 bits per heavy atom. The first-order valence-corrected chi connectivity index (χ1v) is 8.73. The van der Waals surface area contributed by atoms with E-state index < -0.39 is 23.9 Å². The number of alkyl halides is 2. The first-order chi connectivity index (χ1) is 12.0. The third kappa shape index (κ3) is 4.43. The summed E-state index contributed by atoms with van der Waals surface area (Å²) in [5.74, 6) is -0.611. The summed E-state index contributed by atoms with van der Waals surface area (Å²) in [5.41, 5.74) is -0.143. The van der Waals surface area contributed by atoms with E-state index in [1.165, 1.54) is 12.4 Å². The average molecular weight is 385 g/mol. The Bertz CT molecular complexity index is 810. The van der Waals surface area contributed by atoms with Crippen LogP contribution in [0.1, 0.15) is 39.9 Å². The molecule has 2 aromatic rings. The van der Waals surface area contributed by atoms with Crippen molar-refractivity contribution in [3.05, 3.63) is 18.1 Å². The van der Waals surface area contributed by atoms with Crippen LogP contribution in [-0.4, -0.2) is 32.4 Å². The molecule has 2 rings (SSSR count). The van der Waals surface area contributed by atoms with Crippen molar-refractivity contribution in [3.63, 3.8) is 0 Å². The van der Waals surface area contributed by atoms with E-state index in [1.54, 1.807) is 34.6 Å². The molecule has 0 aromatic carbocycles. The summed E-state index contributed by atoms with van der Waals surface area (Å²) in [4.78, 5) is 32.8. The van der Waals surface area contributed by atoms with Crippen molar-refractivity contribution in [1.82, 2.24) is 19.9 Å². The van der Waals surface area contributed by atoms with Gasteiger partial charge in [-0.2, -0.15) is 8.78 Å². The SMILES string of the molecule is Cc1nc(NC(=O)C(C)NC(=O)C(C)(C)C)sc1-c1nccn1C(F)F. The highest BCUT2D eigenvalue weighted by molar-refractivity contribution is 7.19. The number of halogens is 2. The number of rotatable bonds is 5. The molecule has 0 aliphatic carbocycles. The highest BCUT2D eigenvalue weighted by atomic mass is 32.1. The van der Waals surface area contributed by atoms with E-state index in [-0.39, 0.29) is 16.9 Å². The van der Waals surface area contributed by atoms with Crippen molar-refractivity contribution in [3.8, 4) is 10.7 Å². The van der Waals surface area contributed by atoms with Crippen molar-refractivity contribution in [2.24, 2.45) is 5.41 Å². The van der Waals surface area contributed by atoms with Gasteiger partial charge in [0, 0.05) is 17.8 Å². The summed E-state index contributed by atoms with van der Waals surface area (Å²) < 4.78 is 26.8. The minimum atomic E-state index is -2.72. The Morgan fingerprint density at radius 2 is 1.96 bits per heavy atom. The fourth-order valence-corrected chi connectivity index (χ4v) is 2.97. The quantitative estimate of drug-likeness (QED) is 0.827. The van der Waals surface area contributed by atoms with Gasteiger partial charge in [0.05, 0.1) is 10.6 Å². The summed E-state index contributed by atoms with van der Waals surface area (Å²) in [6.45, 7) is 5.72. The number of hydrogen-bond acceptors (Lipinski definition) is 5. The number of thiazole rings is 1. The van der Waals surface area contributed by atoms with Crippen LogP contribution in [0.15, 0.2) is 12.4 Å². The first kappa shape index (κ1) is 20.0. The molecule has 142 valence electrons. The highest BCUT2D eigenvalue weighted by Crippen LogP contribution is 2.33. The van der Waals surface area contributed by atoms with Gasteiger partial charge in [-0.05, 0) is 13.8 Å². The van der Waals surface area contributed by atoms with Crippen LogP contribution in [0.5, 0.6) is 0 Å². The molecule has 1 unspecified atom stereocenters. The van der Waals surface area contributed by atoms with Gasteiger partial charge in [-0.3, -0.25) is 14.2 Å². The maximum absolute atomic E-state index is 13.0. The zero-order valence-electron chi connectivity index (χ0n) is 15.1. The van der Waals surface area contributed by atoms with Crippen molar-refractivity contribution >= 4 is 28.3 Å². The van der Waals surface area contributed by atoms with Crippen LogP contribution >= 0.6 is 11.3 Å². The van der Waals surface area contributed by atoms with Gasteiger partial charge in [0.15, 0.2) is 11.0 Å². The fraction of sp³-hybridized carbons (Fsp3) is 0.500. The minimum absolute atomic E-state index is 0.0876. The van der Waals surface area contributed by atoms with Crippen molar-refractivity contribution < 1.29 is 18.4 Å². The first-order valence-electron chi connectivity index (χ1n) is 7.91. The number of nitrogens with one attached hydrogen (secondary N) is 2. The molecule has 26 heavy (non-hydrogen) atoms. The number of hydrogen-bond donors (Lipinski definition) is 2. The van der Waals surface area contributed by atoms with Gasteiger partial charge in [-0.25, -0.2) is 9.97 Å². The van der Waals surface area contributed by atoms with Crippen LogP contribution in [-0.2, 0) is 9.59 Å². The fourth-order valence-electron chi connectivity index (χ4n) is 2.00.